The molecular weight excluding hydrogens is 397 g/mol. The minimum atomic E-state index is -4.69. The van der Waals surface area contributed by atoms with E-state index in [1.807, 2.05) is 12.1 Å². The third-order valence-electron chi connectivity index (χ3n) is 5.85. The number of halogens is 3. The zero-order valence-corrected chi connectivity index (χ0v) is 16.7. The highest BCUT2D eigenvalue weighted by molar-refractivity contribution is 5.79. The first-order valence-electron chi connectivity index (χ1n) is 10.3. The van der Waals surface area contributed by atoms with Gasteiger partial charge in [-0.1, -0.05) is 48.3 Å². The molecule has 0 N–H and O–H groups in total. The number of ether oxygens (including phenoxy) is 1. The lowest BCUT2D eigenvalue weighted by atomic mass is 9.78. The summed E-state index contributed by atoms with van der Waals surface area (Å²) in [5, 5.41) is 0. The van der Waals surface area contributed by atoms with E-state index in [4.69, 9.17) is 0 Å². The summed E-state index contributed by atoms with van der Waals surface area (Å²) < 4.78 is 40.9. The van der Waals surface area contributed by atoms with Crippen LogP contribution in [-0.4, -0.2) is 6.36 Å². The van der Waals surface area contributed by atoms with E-state index in [-0.39, 0.29) is 5.75 Å². The predicted octanol–water partition coefficient (Wildman–Crippen LogP) is 6.71. The van der Waals surface area contributed by atoms with Crippen LogP contribution in [0, 0.1) is 11.8 Å². The first-order chi connectivity index (χ1) is 15.0. The number of rotatable bonds is 1. The van der Waals surface area contributed by atoms with Crippen molar-refractivity contribution in [1.29, 1.82) is 0 Å². The number of fused-ring (bicyclic) bond motifs is 5. The normalized spacial score (nSPS) is 14.0. The van der Waals surface area contributed by atoms with Gasteiger partial charge in [0.15, 0.2) is 0 Å². The molecule has 3 aromatic carbocycles. The molecule has 31 heavy (non-hydrogen) atoms. The van der Waals surface area contributed by atoms with Crippen molar-refractivity contribution in [3.63, 3.8) is 0 Å². The fourth-order valence-corrected chi connectivity index (χ4v) is 4.49. The maximum atomic E-state index is 12.3. The van der Waals surface area contributed by atoms with E-state index in [1.54, 1.807) is 12.1 Å². The fraction of sp³-hybridized carbons (Fsp3) is 0.185. The largest absolute Gasteiger partial charge is 0.573 e. The van der Waals surface area contributed by atoms with Gasteiger partial charge in [-0.25, -0.2) is 0 Å². The summed E-state index contributed by atoms with van der Waals surface area (Å²) in [7, 11) is 0. The van der Waals surface area contributed by atoms with Gasteiger partial charge in [0, 0.05) is 11.1 Å². The van der Waals surface area contributed by atoms with E-state index >= 15 is 0 Å². The van der Waals surface area contributed by atoms with Crippen molar-refractivity contribution in [1.82, 2.24) is 0 Å². The summed E-state index contributed by atoms with van der Waals surface area (Å²) in [5.74, 6) is 6.06. The van der Waals surface area contributed by atoms with Gasteiger partial charge in [-0.05, 0) is 89.4 Å². The monoisotopic (exact) mass is 416 g/mol. The molecular formula is C27H19F3O. The van der Waals surface area contributed by atoms with Gasteiger partial charge in [-0.2, -0.15) is 0 Å². The van der Waals surface area contributed by atoms with Crippen LogP contribution in [0.25, 0.3) is 17.2 Å². The molecule has 0 amide bonds. The standard InChI is InChI=1S/C27H19F3O/c28-27(29,30)31-21-13-9-18(10-14-21)8-11-20-5-3-7-24-23(20)16-17-25-22-6-2-1-4-19(22)12-15-26(24)25/h1,3-5,7,9-10,12-15H,2,6,16-17H2. The molecule has 0 aliphatic heterocycles. The molecule has 0 bridgehead atoms. The molecule has 0 unspecified atom stereocenters. The minimum Gasteiger partial charge on any atom is -0.406 e. The van der Waals surface area contributed by atoms with Crippen LogP contribution >= 0.6 is 0 Å². The SMILES string of the molecule is FC(F)(F)Oc1ccc(C#Cc2cccc3c2CCc2c-3ccc3c2CCC=C3)cc1. The second-order valence-corrected chi connectivity index (χ2v) is 7.75. The van der Waals surface area contributed by atoms with Crippen LogP contribution in [0.15, 0.2) is 60.7 Å². The molecule has 0 atom stereocenters. The molecule has 2 aliphatic carbocycles. The number of hydrogen-bond donors (Lipinski definition) is 0. The lowest BCUT2D eigenvalue weighted by Gasteiger charge is -2.26. The Kier molecular flexibility index (Phi) is 4.82. The summed E-state index contributed by atoms with van der Waals surface area (Å²) in [6, 6.07) is 16.3. The molecule has 0 radical (unpaired) electrons. The molecule has 0 saturated carbocycles. The van der Waals surface area contributed by atoms with Crippen molar-refractivity contribution < 1.29 is 17.9 Å². The van der Waals surface area contributed by atoms with E-state index in [0.29, 0.717) is 5.56 Å². The van der Waals surface area contributed by atoms with Crippen molar-refractivity contribution in [2.45, 2.75) is 32.0 Å². The van der Waals surface area contributed by atoms with Crippen LogP contribution in [0.5, 0.6) is 5.75 Å². The van der Waals surface area contributed by atoms with E-state index < -0.39 is 6.36 Å². The smallest absolute Gasteiger partial charge is 0.406 e. The Morgan fingerprint density at radius 2 is 1.52 bits per heavy atom. The van der Waals surface area contributed by atoms with E-state index in [1.165, 1.54) is 45.5 Å². The molecule has 2 aliphatic rings. The third-order valence-corrected chi connectivity index (χ3v) is 5.85. The summed E-state index contributed by atoms with van der Waals surface area (Å²) in [6.45, 7) is 0. The van der Waals surface area contributed by atoms with Crippen LogP contribution < -0.4 is 4.74 Å². The second-order valence-electron chi connectivity index (χ2n) is 7.75. The number of benzene rings is 3. The molecule has 154 valence electrons. The van der Waals surface area contributed by atoms with Gasteiger partial charge >= 0.3 is 6.36 Å². The van der Waals surface area contributed by atoms with Gasteiger partial charge in [0.2, 0.25) is 0 Å². The van der Waals surface area contributed by atoms with Crippen LogP contribution in [0.4, 0.5) is 13.2 Å². The van der Waals surface area contributed by atoms with E-state index in [0.717, 1.165) is 31.2 Å². The highest BCUT2D eigenvalue weighted by Crippen LogP contribution is 2.39. The van der Waals surface area contributed by atoms with Crippen molar-refractivity contribution in [3.8, 4) is 28.7 Å². The van der Waals surface area contributed by atoms with E-state index in [9.17, 15) is 13.2 Å². The molecule has 0 fully saturated rings. The van der Waals surface area contributed by atoms with Gasteiger partial charge in [0.05, 0.1) is 0 Å². The zero-order valence-electron chi connectivity index (χ0n) is 16.7. The molecule has 0 saturated heterocycles. The van der Waals surface area contributed by atoms with Crippen LogP contribution in [0.3, 0.4) is 0 Å². The fourth-order valence-electron chi connectivity index (χ4n) is 4.49. The quantitative estimate of drug-likeness (QED) is 0.401. The van der Waals surface area contributed by atoms with E-state index in [2.05, 4.69) is 46.9 Å². The number of alkyl halides is 3. The highest BCUT2D eigenvalue weighted by atomic mass is 19.4. The topological polar surface area (TPSA) is 9.23 Å². The number of hydrogen-bond acceptors (Lipinski definition) is 1. The molecule has 0 spiro atoms. The van der Waals surface area contributed by atoms with Crippen molar-refractivity contribution in [2.24, 2.45) is 0 Å². The summed E-state index contributed by atoms with van der Waals surface area (Å²) in [5.41, 5.74) is 9.66. The van der Waals surface area contributed by atoms with Gasteiger partial charge in [-0.15, -0.1) is 13.2 Å². The predicted molar refractivity (Wildman–Crippen MR) is 116 cm³/mol. The van der Waals surface area contributed by atoms with Gasteiger partial charge in [-0.3, -0.25) is 0 Å². The Morgan fingerprint density at radius 1 is 0.742 bits per heavy atom. The first kappa shape index (κ1) is 19.5. The maximum Gasteiger partial charge on any atom is 0.573 e. The molecule has 1 nitrogen and oxygen atoms in total. The van der Waals surface area contributed by atoms with Crippen LogP contribution in [0.1, 0.15) is 39.8 Å². The maximum absolute atomic E-state index is 12.3. The van der Waals surface area contributed by atoms with Gasteiger partial charge < -0.3 is 4.74 Å². The summed E-state index contributed by atoms with van der Waals surface area (Å²) in [4.78, 5) is 0. The van der Waals surface area contributed by atoms with Gasteiger partial charge in [0.1, 0.15) is 5.75 Å². The third kappa shape index (κ3) is 3.96. The Hall–Kier alpha value is -3.45. The molecule has 4 heteroatoms. The molecule has 3 aromatic rings. The number of allylic oxidation sites excluding steroid dienone is 1. The summed E-state index contributed by atoms with van der Waals surface area (Å²) in [6.07, 6.45) is 3.89. The molecule has 5 rings (SSSR count). The summed E-state index contributed by atoms with van der Waals surface area (Å²) >= 11 is 0. The van der Waals surface area contributed by atoms with Crippen molar-refractivity contribution in [2.75, 3.05) is 0 Å². The van der Waals surface area contributed by atoms with Crippen molar-refractivity contribution >= 4 is 6.08 Å². The minimum absolute atomic E-state index is 0.245. The van der Waals surface area contributed by atoms with Crippen molar-refractivity contribution in [3.05, 3.63) is 94.1 Å². The molecule has 0 heterocycles. The Bertz CT molecular complexity index is 1240. The Labute approximate surface area is 179 Å². The van der Waals surface area contributed by atoms with Crippen LogP contribution in [-0.2, 0) is 19.3 Å². The average molecular weight is 416 g/mol. The van der Waals surface area contributed by atoms with Crippen LogP contribution in [0.2, 0.25) is 0 Å². The zero-order chi connectivity index (χ0) is 21.4. The lowest BCUT2D eigenvalue weighted by Crippen LogP contribution is -2.16. The highest BCUT2D eigenvalue weighted by Gasteiger charge is 2.31. The Morgan fingerprint density at radius 3 is 2.32 bits per heavy atom. The lowest BCUT2D eigenvalue weighted by molar-refractivity contribution is -0.274. The first-order valence-corrected chi connectivity index (χ1v) is 10.3. The average Bonchev–Trinajstić information content (AvgIpc) is 2.77. The Balaban J connectivity index is 1.46. The van der Waals surface area contributed by atoms with Gasteiger partial charge in [0.25, 0.3) is 0 Å². The molecule has 0 aromatic heterocycles. The second kappa shape index (κ2) is 7.67.